The molecule has 0 amide bonds. The Kier molecular flexibility index (Phi) is 3.42. The van der Waals surface area contributed by atoms with Gasteiger partial charge >= 0.3 is 11.9 Å². The van der Waals surface area contributed by atoms with Gasteiger partial charge in [0.15, 0.2) is 0 Å². The van der Waals surface area contributed by atoms with Gasteiger partial charge in [0.25, 0.3) is 0 Å². The van der Waals surface area contributed by atoms with E-state index >= 15 is 0 Å². The first-order valence-electron chi connectivity index (χ1n) is 2.67. The van der Waals surface area contributed by atoms with Gasteiger partial charge in [-0.2, -0.15) is 0 Å². The van der Waals surface area contributed by atoms with E-state index < -0.39 is 24.3 Å². The third-order valence-electron chi connectivity index (χ3n) is 1.02. The van der Waals surface area contributed by atoms with Crippen molar-refractivity contribution in [1.29, 1.82) is 0 Å². The lowest BCUT2D eigenvalue weighted by atomic mass is 10.1. The van der Waals surface area contributed by atoms with Crippen molar-refractivity contribution in [2.24, 2.45) is 5.92 Å². The molecule has 3 N–H and O–H groups in total. The molecule has 0 fully saturated rings. The van der Waals surface area contributed by atoms with Crippen LogP contribution in [0.5, 0.6) is 0 Å². The minimum Gasteiger partial charge on any atom is -0.481 e. The van der Waals surface area contributed by atoms with Crippen LogP contribution in [0.4, 0.5) is 0 Å². The first kappa shape index (κ1) is 8.90. The van der Waals surface area contributed by atoms with Crippen LogP contribution in [0.3, 0.4) is 0 Å². The van der Waals surface area contributed by atoms with Crippen molar-refractivity contribution >= 4 is 11.9 Å². The van der Waals surface area contributed by atoms with Crippen LogP contribution in [0.1, 0.15) is 6.42 Å². The minimum absolute atomic E-state index is 0.387. The summed E-state index contributed by atoms with van der Waals surface area (Å²) >= 11 is 0. The Bertz CT molecular complexity index is 145. The van der Waals surface area contributed by atoms with Gasteiger partial charge in [-0.05, 0) is 0 Å². The summed E-state index contributed by atoms with van der Waals surface area (Å²) in [6.07, 6.45) is -0.473. The summed E-state index contributed by atoms with van der Waals surface area (Å²) in [5.41, 5.74) is 6.64. The molecule has 0 aliphatic heterocycles. The van der Waals surface area contributed by atoms with E-state index in [-0.39, 0.29) is 6.54 Å². The van der Waals surface area contributed by atoms with E-state index in [1.807, 2.05) is 0 Å². The van der Waals surface area contributed by atoms with E-state index in [0.717, 1.165) is 0 Å². The van der Waals surface area contributed by atoms with Gasteiger partial charge < -0.3 is 10.2 Å². The lowest BCUT2D eigenvalue weighted by molar-refractivity contribution is -0.147. The highest BCUT2D eigenvalue weighted by atomic mass is 16.4. The number of nitrogens with one attached hydrogen (secondary N) is 1. The maximum atomic E-state index is 10.1. The van der Waals surface area contributed by atoms with Crippen LogP contribution in [-0.2, 0) is 9.59 Å². The maximum Gasteiger partial charge on any atom is 0.308 e. The fourth-order valence-corrected chi connectivity index (χ4v) is 0.458. The molecule has 0 aromatic heterocycles. The molecule has 57 valence electrons. The van der Waals surface area contributed by atoms with Crippen LogP contribution in [0, 0.1) is 5.92 Å². The molecule has 0 saturated carbocycles. The van der Waals surface area contributed by atoms with Crippen molar-refractivity contribution in [3.8, 4) is 0 Å². The van der Waals surface area contributed by atoms with Crippen molar-refractivity contribution in [1.82, 2.24) is 5.73 Å². The van der Waals surface area contributed by atoms with E-state index in [0.29, 0.717) is 0 Å². The zero-order valence-electron chi connectivity index (χ0n) is 5.20. The fraction of sp³-hybridized carbons (Fsp3) is 0.600. The highest BCUT2D eigenvalue weighted by Crippen LogP contribution is 2.00. The Morgan fingerprint density at radius 3 is 2.00 bits per heavy atom. The van der Waals surface area contributed by atoms with Crippen LogP contribution in [0.25, 0.3) is 0 Å². The summed E-state index contributed by atoms with van der Waals surface area (Å²) in [7, 11) is 0. The van der Waals surface area contributed by atoms with Crippen molar-refractivity contribution < 1.29 is 19.8 Å². The highest BCUT2D eigenvalue weighted by molar-refractivity contribution is 5.77. The minimum atomic E-state index is -1.22. The number of carboxylic acid groups (broad SMARTS) is 2. The lowest BCUT2D eigenvalue weighted by Gasteiger charge is -2.03. The van der Waals surface area contributed by atoms with Crippen LogP contribution in [-0.4, -0.2) is 28.7 Å². The molecule has 5 nitrogen and oxygen atoms in total. The number of rotatable bonds is 4. The fourth-order valence-electron chi connectivity index (χ4n) is 0.458. The second kappa shape index (κ2) is 3.84. The van der Waals surface area contributed by atoms with Gasteiger partial charge in [0.1, 0.15) is 0 Å². The molecule has 1 atom stereocenters. The number of hydrogen-bond donors (Lipinski definition) is 2. The highest BCUT2D eigenvalue weighted by Gasteiger charge is 2.18. The predicted octanol–water partition coefficient (Wildman–Crippen LogP) is -0.555. The van der Waals surface area contributed by atoms with Gasteiger partial charge in [-0.1, -0.05) is 0 Å². The molecular formula is C5H8NO4. The van der Waals surface area contributed by atoms with Gasteiger partial charge in [0.05, 0.1) is 12.3 Å². The first-order chi connectivity index (χ1) is 4.57. The van der Waals surface area contributed by atoms with Crippen molar-refractivity contribution in [3.05, 3.63) is 0 Å². The molecule has 0 bridgehead atoms. The normalized spacial score (nSPS) is 12.5. The van der Waals surface area contributed by atoms with E-state index in [1.54, 1.807) is 0 Å². The zero-order valence-corrected chi connectivity index (χ0v) is 5.20. The maximum absolute atomic E-state index is 10.1. The van der Waals surface area contributed by atoms with E-state index in [4.69, 9.17) is 15.9 Å². The summed E-state index contributed by atoms with van der Waals surface area (Å²) in [5, 5.41) is 16.4. The van der Waals surface area contributed by atoms with Gasteiger partial charge in [-0.15, -0.1) is 0 Å². The molecule has 0 rings (SSSR count). The number of hydrogen-bond acceptors (Lipinski definition) is 2. The molecule has 1 unspecified atom stereocenters. The van der Waals surface area contributed by atoms with E-state index in [9.17, 15) is 9.59 Å². The Labute approximate surface area is 57.5 Å². The molecule has 1 radical (unpaired) electrons. The van der Waals surface area contributed by atoms with Gasteiger partial charge in [0, 0.05) is 6.54 Å². The molecule has 0 spiro atoms. The smallest absolute Gasteiger partial charge is 0.308 e. The topological polar surface area (TPSA) is 98.4 Å². The molecule has 0 aromatic rings. The van der Waals surface area contributed by atoms with E-state index in [2.05, 4.69) is 0 Å². The van der Waals surface area contributed by atoms with Gasteiger partial charge in [-0.3, -0.25) is 15.3 Å². The Hall–Kier alpha value is -1.10. The monoisotopic (exact) mass is 146 g/mol. The van der Waals surface area contributed by atoms with Gasteiger partial charge in [0.2, 0.25) is 0 Å². The van der Waals surface area contributed by atoms with Crippen LogP contribution in [0.15, 0.2) is 0 Å². The summed E-state index contributed by atoms with van der Waals surface area (Å²) in [6.45, 7) is -0.387. The average molecular weight is 146 g/mol. The summed E-state index contributed by atoms with van der Waals surface area (Å²) in [5.74, 6) is -3.48. The van der Waals surface area contributed by atoms with Crippen molar-refractivity contribution in [2.75, 3.05) is 6.54 Å². The Balaban J connectivity index is 3.83. The second-order valence-electron chi connectivity index (χ2n) is 1.84. The molecule has 10 heavy (non-hydrogen) atoms. The summed E-state index contributed by atoms with van der Waals surface area (Å²) in [6, 6.07) is 0. The average Bonchev–Trinajstić information content (AvgIpc) is 1.81. The summed E-state index contributed by atoms with van der Waals surface area (Å²) < 4.78 is 0. The molecule has 0 heterocycles. The number of carboxylic acids is 2. The molecule has 0 aliphatic carbocycles. The molecule has 0 aromatic carbocycles. The quantitative estimate of drug-likeness (QED) is 0.555. The number of aliphatic carboxylic acids is 2. The van der Waals surface area contributed by atoms with E-state index in [1.165, 1.54) is 0 Å². The Morgan fingerprint density at radius 1 is 1.40 bits per heavy atom. The first-order valence-corrected chi connectivity index (χ1v) is 2.67. The third-order valence-corrected chi connectivity index (χ3v) is 1.02. The third kappa shape index (κ3) is 3.03. The largest absolute Gasteiger partial charge is 0.481 e. The van der Waals surface area contributed by atoms with Crippen LogP contribution in [0.2, 0.25) is 0 Å². The molecule has 0 saturated heterocycles. The van der Waals surface area contributed by atoms with Crippen LogP contribution < -0.4 is 5.73 Å². The molecule has 0 aliphatic rings. The zero-order chi connectivity index (χ0) is 8.15. The number of carbonyl (C=O) groups is 2. The SMILES string of the molecule is [NH]CC(CC(=O)O)C(=O)O. The summed E-state index contributed by atoms with van der Waals surface area (Å²) in [4.78, 5) is 20.0. The van der Waals surface area contributed by atoms with Crippen LogP contribution >= 0.6 is 0 Å². The second-order valence-corrected chi connectivity index (χ2v) is 1.84. The lowest BCUT2D eigenvalue weighted by Crippen LogP contribution is -2.21. The standard InChI is InChI=1S/C5H8NO4/c6-2-3(5(9)10)1-4(7)8/h3,6H,1-2H2,(H,7,8)(H,9,10). The van der Waals surface area contributed by atoms with Crippen molar-refractivity contribution in [3.63, 3.8) is 0 Å². The van der Waals surface area contributed by atoms with Crippen molar-refractivity contribution in [2.45, 2.75) is 6.42 Å². The van der Waals surface area contributed by atoms with Gasteiger partial charge in [-0.25, -0.2) is 0 Å². The predicted molar refractivity (Wildman–Crippen MR) is 31.3 cm³/mol. The Morgan fingerprint density at radius 2 is 1.90 bits per heavy atom. The molecule has 5 heteroatoms. The molecular weight excluding hydrogens is 138 g/mol.